The maximum atomic E-state index is 13.1. The predicted octanol–water partition coefficient (Wildman–Crippen LogP) is 5.37. The number of hydrogen-bond donors (Lipinski definition) is 1. The lowest BCUT2D eigenvalue weighted by Crippen LogP contribution is -2.29. The zero-order valence-electron chi connectivity index (χ0n) is 16.4. The van der Waals surface area contributed by atoms with Gasteiger partial charge in [0.1, 0.15) is 0 Å². The number of benzene rings is 1. The van der Waals surface area contributed by atoms with Crippen LogP contribution in [0.2, 0.25) is 0 Å². The second-order valence-corrected chi connectivity index (χ2v) is 8.33. The van der Waals surface area contributed by atoms with Gasteiger partial charge in [0.05, 0.1) is 40.5 Å². The van der Waals surface area contributed by atoms with Gasteiger partial charge in [0.15, 0.2) is 0 Å². The topological polar surface area (TPSA) is 62.1 Å². The average molecular weight is 423 g/mol. The van der Waals surface area contributed by atoms with Gasteiger partial charge >= 0.3 is 5.97 Å². The third-order valence-corrected chi connectivity index (χ3v) is 6.61. The Morgan fingerprint density at radius 3 is 2.72 bits per heavy atom. The van der Waals surface area contributed by atoms with Gasteiger partial charge in [-0.25, -0.2) is 4.79 Å². The van der Waals surface area contributed by atoms with Gasteiger partial charge in [0, 0.05) is 10.6 Å². The van der Waals surface area contributed by atoms with Crippen LogP contribution < -0.4 is 5.32 Å². The largest absolute Gasteiger partial charge is 0.463 e. The number of aryl methyl sites for hydroxylation is 1. The van der Waals surface area contributed by atoms with Crippen molar-refractivity contribution >= 4 is 34.8 Å². The van der Waals surface area contributed by atoms with Gasteiger partial charge in [-0.3, -0.25) is 0 Å². The van der Waals surface area contributed by atoms with Crippen LogP contribution in [-0.4, -0.2) is 18.3 Å². The number of carbonyl (C=O) groups excluding carboxylic acids is 1. The molecule has 2 heterocycles. The van der Waals surface area contributed by atoms with Crippen molar-refractivity contribution < 1.29 is 9.53 Å². The molecule has 0 bridgehead atoms. The maximum Gasteiger partial charge on any atom is 0.337 e. The first kappa shape index (κ1) is 21.0. The number of nitriles is 1. The van der Waals surface area contributed by atoms with E-state index < -0.39 is 11.9 Å². The molecule has 2 aromatic rings. The second-order valence-electron chi connectivity index (χ2n) is 6.36. The number of allylic oxidation sites excluding steroid dienone is 1. The monoisotopic (exact) mass is 422 g/mol. The molecule has 0 radical (unpaired) electrons. The molecule has 0 saturated heterocycles. The van der Waals surface area contributed by atoms with E-state index in [1.165, 1.54) is 11.8 Å². The van der Waals surface area contributed by atoms with E-state index in [2.05, 4.69) is 18.0 Å². The van der Waals surface area contributed by atoms with Crippen molar-refractivity contribution in [2.24, 2.45) is 0 Å². The number of carbonyl (C=O) groups is 1. The van der Waals surface area contributed by atoms with Crippen molar-refractivity contribution in [1.29, 1.82) is 5.26 Å². The minimum atomic E-state index is -0.470. The molecule has 29 heavy (non-hydrogen) atoms. The van der Waals surface area contributed by atoms with Crippen LogP contribution in [0.15, 0.2) is 70.6 Å². The first-order chi connectivity index (χ1) is 14.1. The van der Waals surface area contributed by atoms with Crippen LogP contribution in [0.25, 0.3) is 5.70 Å². The Bertz CT molecular complexity index is 1010. The van der Waals surface area contributed by atoms with Crippen molar-refractivity contribution in [3.63, 3.8) is 0 Å². The number of nitrogens with one attached hydrogen (secondary N) is 1. The van der Waals surface area contributed by atoms with Crippen LogP contribution in [-0.2, 0) is 9.53 Å². The lowest BCUT2D eigenvalue weighted by Gasteiger charge is -2.30. The minimum Gasteiger partial charge on any atom is -0.463 e. The van der Waals surface area contributed by atoms with Gasteiger partial charge in [-0.15, -0.1) is 29.7 Å². The Labute approximate surface area is 179 Å². The van der Waals surface area contributed by atoms with Gasteiger partial charge in [-0.1, -0.05) is 36.4 Å². The molecule has 0 fully saturated rings. The van der Waals surface area contributed by atoms with E-state index in [9.17, 15) is 10.1 Å². The number of ether oxygens (including phenoxy) is 1. The van der Waals surface area contributed by atoms with Crippen LogP contribution in [0.1, 0.15) is 28.8 Å². The second kappa shape index (κ2) is 9.64. The third-order valence-electron chi connectivity index (χ3n) is 4.52. The minimum absolute atomic E-state index is 0.268. The molecular formula is C23H22N2O2S2. The van der Waals surface area contributed by atoms with Crippen molar-refractivity contribution in [1.82, 2.24) is 5.32 Å². The molecule has 0 spiro atoms. The smallest absolute Gasteiger partial charge is 0.337 e. The Hall–Kier alpha value is -2.75. The Morgan fingerprint density at radius 1 is 1.38 bits per heavy atom. The summed E-state index contributed by atoms with van der Waals surface area (Å²) < 4.78 is 5.42. The van der Waals surface area contributed by atoms with Gasteiger partial charge in [0.2, 0.25) is 0 Å². The SMILES string of the molecule is C=CCSC1=C(C#N)C(c2sccc2C)C(C(=O)OCC)=C(c2ccccc2)N1. The van der Waals surface area contributed by atoms with Gasteiger partial charge in [-0.05, 0) is 36.4 Å². The van der Waals surface area contributed by atoms with E-state index in [0.29, 0.717) is 22.6 Å². The number of hydrogen-bond acceptors (Lipinski definition) is 6. The zero-order valence-corrected chi connectivity index (χ0v) is 18.0. The number of thioether (sulfide) groups is 1. The normalized spacial score (nSPS) is 16.2. The zero-order chi connectivity index (χ0) is 20.8. The fraction of sp³-hybridized carbons (Fsp3) is 0.217. The molecule has 0 amide bonds. The lowest BCUT2D eigenvalue weighted by atomic mass is 9.84. The van der Waals surface area contributed by atoms with E-state index in [1.54, 1.807) is 24.3 Å². The summed E-state index contributed by atoms with van der Waals surface area (Å²) in [6, 6.07) is 14.1. The molecule has 1 atom stereocenters. The van der Waals surface area contributed by atoms with Gasteiger partial charge in [0.25, 0.3) is 0 Å². The number of esters is 1. The molecular weight excluding hydrogens is 400 g/mol. The van der Waals surface area contributed by atoms with Crippen molar-refractivity contribution in [2.45, 2.75) is 19.8 Å². The quantitative estimate of drug-likeness (QED) is 0.480. The standard InChI is InChI=1S/C23H22N2O2S2/c1-4-12-29-22-17(14-24)18(21-15(3)11-13-28-21)19(23(26)27-5-2)20(25-22)16-9-7-6-8-10-16/h4,6-11,13,18,25H,1,5,12H2,2-3H3. The highest BCUT2D eigenvalue weighted by Gasteiger charge is 2.38. The summed E-state index contributed by atoms with van der Waals surface area (Å²) in [4.78, 5) is 14.1. The first-order valence-corrected chi connectivity index (χ1v) is 11.1. The fourth-order valence-electron chi connectivity index (χ4n) is 3.24. The number of thiophene rings is 1. The number of dihydropyridines is 1. The summed E-state index contributed by atoms with van der Waals surface area (Å²) in [6.07, 6.45) is 1.80. The molecule has 1 aliphatic rings. The summed E-state index contributed by atoms with van der Waals surface area (Å²) in [5.41, 5.74) is 3.63. The van der Waals surface area contributed by atoms with Crippen molar-refractivity contribution in [3.8, 4) is 6.07 Å². The Balaban J connectivity index is 2.28. The van der Waals surface area contributed by atoms with Gasteiger partial charge in [-0.2, -0.15) is 5.26 Å². The summed E-state index contributed by atoms with van der Waals surface area (Å²) in [5.74, 6) is -0.222. The average Bonchev–Trinajstić information content (AvgIpc) is 3.17. The van der Waals surface area contributed by atoms with E-state index in [-0.39, 0.29) is 6.61 Å². The highest BCUT2D eigenvalue weighted by Crippen LogP contribution is 2.45. The van der Waals surface area contributed by atoms with Crippen LogP contribution in [0.3, 0.4) is 0 Å². The third kappa shape index (κ3) is 4.31. The maximum absolute atomic E-state index is 13.1. The molecule has 1 aromatic heterocycles. The molecule has 1 N–H and O–H groups in total. The van der Waals surface area contributed by atoms with Crippen LogP contribution in [0, 0.1) is 18.3 Å². The molecule has 3 rings (SSSR count). The number of nitrogens with zero attached hydrogens (tertiary/aromatic N) is 1. The predicted molar refractivity (Wildman–Crippen MR) is 120 cm³/mol. The van der Waals surface area contributed by atoms with Crippen molar-refractivity contribution in [2.75, 3.05) is 12.4 Å². The molecule has 1 aromatic carbocycles. The molecule has 0 aliphatic carbocycles. The lowest BCUT2D eigenvalue weighted by molar-refractivity contribution is -0.138. The van der Waals surface area contributed by atoms with Crippen molar-refractivity contribution in [3.05, 3.63) is 86.6 Å². The fourth-order valence-corrected chi connectivity index (χ4v) is 5.07. The molecule has 4 nitrogen and oxygen atoms in total. The van der Waals surface area contributed by atoms with E-state index in [4.69, 9.17) is 4.74 Å². The molecule has 0 saturated carbocycles. The van der Waals surface area contributed by atoms with E-state index >= 15 is 0 Å². The Kier molecular flexibility index (Phi) is 6.97. The molecule has 1 aliphatic heterocycles. The highest BCUT2D eigenvalue weighted by atomic mass is 32.2. The summed E-state index contributed by atoms with van der Waals surface area (Å²) >= 11 is 3.06. The summed E-state index contributed by atoms with van der Waals surface area (Å²) in [7, 11) is 0. The van der Waals surface area contributed by atoms with E-state index in [1.807, 2.05) is 48.7 Å². The van der Waals surface area contributed by atoms with E-state index in [0.717, 1.165) is 21.0 Å². The summed E-state index contributed by atoms with van der Waals surface area (Å²) in [5, 5.41) is 16.1. The van der Waals surface area contributed by atoms with Crippen LogP contribution >= 0.6 is 23.1 Å². The van der Waals surface area contributed by atoms with Gasteiger partial charge < -0.3 is 10.1 Å². The summed E-state index contributed by atoms with van der Waals surface area (Å²) in [6.45, 7) is 7.84. The molecule has 1 unspecified atom stereocenters. The Morgan fingerprint density at radius 2 is 2.14 bits per heavy atom. The highest BCUT2D eigenvalue weighted by molar-refractivity contribution is 8.03. The molecule has 148 valence electrons. The first-order valence-electron chi connectivity index (χ1n) is 9.28. The van der Waals surface area contributed by atoms with Crippen LogP contribution in [0.4, 0.5) is 0 Å². The number of rotatable bonds is 7. The molecule has 6 heteroatoms. The van der Waals surface area contributed by atoms with Crippen LogP contribution in [0.5, 0.6) is 0 Å².